The van der Waals surface area contributed by atoms with Crippen LogP contribution < -0.4 is 9.47 Å². The first-order valence-corrected chi connectivity index (χ1v) is 9.32. The number of esters is 2. The summed E-state index contributed by atoms with van der Waals surface area (Å²) in [5, 5.41) is 0. The molecule has 0 spiro atoms. The van der Waals surface area contributed by atoms with Crippen LogP contribution in [0.3, 0.4) is 0 Å². The molecule has 6 nitrogen and oxygen atoms in total. The summed E-state index contributed by atoms with van der Waals surface area (Å²) in [4.78, 5) is 25.6. The maximum absolute atomic E-state index is 12.9. The number of carbonyl (C=O) groups is 2. The molecule has 0 aromatic heterocycles. The van der Waals surface area contributed by atoms with E-state index in [0.29, 0.717) is 31.1 Å². The summed E-state index contributed by atoms with van der Waals surface area (Å²) in [5.74, 6) is -0.696. The van der Waals surface area contributed by atoms with Gasteiger partial charge in [0, 0.05) is 0 Å². The van der Waals surface area contributed by atoms with E-state index >= 15 is 0 Å². The average Bonchev–Trinajstić information content (AvgIpc) is 3.08. The summed E-state index contributed by atoms with van der Waals surface area (Å²) in [6.45, 7) is 6.72. The van der Waals surface area contributed by atoms with Gasteiger partial charge in [0.25, 0.3) is 0 Å². The average molecular weight is 362 g/mol. The Bertz CT molecular complexity index is 683. The van der Waals surface area contributed by atoms with Crippen molar-refractivity contribution >= 4 is 11.9 Å². The zero-order valence-corrected chi connectivity index (χ0v) is 15.6. The molecular weight excluding hydrogens is 336 g/mol. The van der Waals surface area contributed by atoms with E-state index in [9.17, 15) is 9.59 Å². The van der Waals surface area contributed by atoms with Gasteiger partial charge in [-0.05, 0) is 48.4 Å². The molecule has 3 atom stereocenters. The number of rotatable bonds is 6. The Morgan fingerprint density at radius 1 is 1.04 bits per heavy atom. The van der Waals surface area contributed by atoms with E-state index in [0.717, 1.165) is 24.0 Å². The third-order valence-electron chi connectivity index (χ3n) is 4.91. The molecule has 26 heavy (non-hydrogen) atoms. The van der Waals surface area contributed by atoms with Gasteiger partial charge < -0.3 is 18.9 Å². The second kappa shape index (κ2) is 7.98. The number of ether oxygens (including phenoxy) is 4. The first-order valence-electron chi connectivity index (χ1n) is 9.32. The summed E-state index contributed by atoms with van der Waals surface area (Å²) in [6, 6.07) is 3.74. The summed E-state index contributed by atoms with van der Waals surface area (Å²) in [6.07, 6.45) is 2.15. The van der Waals surface area contributed by atoms with E-state index in [1.807, 2.05) is 32.9 Å². The van der Waals surface area contributed by atoms with E-state index in [1.54, 1.807) is 0 Å². The zero-order chi connectivity index (χ0) is 18.7. The van der Waals surface area contributed by atoms with E-state index in [-0.39, 0.29) is 24.6 Å². The fourth-order valence-electron chi connectivity index (χ4n) is 3.70. The van der Waals surface area contributed by atoms with Crippen molar-refractivity contribution in [1.29, 1.82) is 0 Å². The first-order chi connectivity index (χ1) is 12.6. The molecule has 1 aliphatic carbocycles. The molecule has 0 fully saturated rings. The van der Waals surface area contributed by atoms with Crippen molar-refractivity contribution < 1.29 is 28.5 Å². The minimum Gasteiger partial charge on any atom is -0.465 e. The minimum atomic E-state index is -0.681. The number of benzene rings is 1. The van der Waals surface area contributed by atoms with Crippen LogP contribution in [0.25, 0.3) is 0 Å². The lowest BCUT2D eigenvalue weighted by molar-refractivity contribution is -0.160. The van der Waals surface area contributed by atoms with E-state index in [4.69, 9.17) is 18.9 Å². The van der Waals surface area contributed by atoms with Crippen LogP contribution in [0, 0.1) is 11.8 Å². The summed E-state index contributed by atoms with van der Waals surface area (Å²) >= 11 is 0. The lowest BCUT2D eigenvalue weighted by atomic mass is 9.69. The van der Waals surface area contributed by atoms with Gasteiger partial charge in [0.05, 0.1) is 25.0 Å². The van der Waals surface area contributed by atoms with Gasteiger partial charge in [0.1, 0.15) is 0 Å². The van der Waals surface area contributed by atoms with Crippen molar-refractivity contribution in [2.45, 2.75) is 46.0 Å². The quantitative estimate of drug-likeness (QED) is 0.724. The van der Waals surface area contributed by atoms with Crippen molar-refractivity contribution in [3.63, 3.8) is 0 Å². The normalized spacial score (nSPS) is 23.3. The largest absolute Gasteiger partial charge is 0.465 e. The molecule has 2 aliphatic rings. The van der Waals surface area contributed by atoms with E-state index < -0.39 is 11.8 Å². The van der Waals surface area contributed by atoms with Crippen LogP contribution in [-0.2, 0) is 25.5 Å². The Balaban J connectivity index is 1.99. The molecule has 3 rings (SSSR count). The maximum Gasteiger partial charge on any atom is 0.314 e. The highest BCUT2D eigenvalue weighted by Gasteiger charge is 2.45. The highest BCUT2D eigenvalue weighted by molar-refractivity contribution is 5.88. The molecule has 1 aliphatic heterocycles. The second-order valence-corrected chi connectivity index (χ2v) is 6.92. The summed E-state index contributed by atoms with van der Waals surface area (Å²) in [5.41, 5.74) is 1.78. The van der Waals surface area contributed by atoms with E-state index in [2.05, 4.69) is 0 Å². The SMILES string of the molecule is CCCOC(=O)[C@H]1[C@H](C)Cc2cc3c(cc2[C@@H]1C(=O)OCCC)OCO3. The lowest BCUT2D eigenvalue weighted by Gasteiger charge is -2.35. The molecule has 1 heterocycles. The number of hydrogen-bond donors (Lipinski definition) is 0. The molecule has 1 aromatic rings. The highest BCUT2D eigenvalue weighted by Crippen LogP contribution is 2.46. The van der Waals surface area contributed by atoms with Crippen LogP contribution in [0.1, 0.15) is 50.7 Å². The molecule has 142 valence electrons. The smallest absolute Gasteiger partial charge is 0.314 e. The van der Waals surface area contributed by atoms with E-state index in [1.165, 1.54) is 0 Å². The molecule has 1 aromatic carbocycles. The fourth-order valence-corrected chi connectivity index (χ4v) is 3.70. The van der Waals surface area contributed by atoms with Crippen LogP contribution in [-0.4, -0.2) is 31.9 Å². The molecule has 0 saturated heterocycles. The van der Waals surface area contributed by atoms with Gasteiger partial charge in [-0.2, -0.15) is 0 Å². The second-order valence-electron chi connectivity index (χ2n) is 6.92. The monoisotopic (exact) mass is 362 g/mol. The van der Waals surface area contributed by atoms with Crippen molar-refractivity contribution in [3.8, 4) is 11.5 Å². The van der Waals surface area contributed by atoms with Crippen molar-refractivity contribution in [3.05, 3.63) is 23.3 Å². The Morgan fingerprint density at radius 2 is 1.65 bits per heavy atom. The van der Waals surface area contributed by atoms with Gasteiger partial charge in [-0.1, -0.05) is 20.8 Å². The maximum atomic E-state index is 12.9. The molecule has 6 heteroatoms. The third-order valence-corrected chi connectivity index (χ3v) is 4.91. The Hall–Kier alpha value is -2.24. The van der Waals surface area contributed by atoms with Crippen LogP contribution in [0.4, 0.5) is 0 Å². The number of carbonyl (C=O) groups excluding carboxylic acids is 2. The summed E-state index contributed by atoms with van der Waals surface area (Å²) in [7, 11) is 0. The van der Waals surface area contributed by atoms with Crippen molar-refractivity contribution in [2.24, 2.45) is 11.8 Å². The molecule has 0 amide bonds. The van der Waals surface area contributed by atoms with Gasteiger partial charge in [-0.3, -0.25) is 9.59 Å². The van der Waals surface area contributed by atoms with Gasteiger partial charge in [-0.25, -0.2) is 0 Å². The van der Waals surface area contributed by atoms with Gasteiger partial charge in [0.15, 0.2) is 11.5 Å². The molecular formula is C20H26O6. The third kappa shape index (κ3) is 3.50. The fraction of sp³-hybridized carbons (Fsp3) is 0.600. The highest BCUT2D eigenvalue weighted by atomic mass is 16.7. The van der Waals surface area contributed by atoms with Crippen LogP contribution in [0.5, 0.6) is 11.5 Å². The Kier molecular flexibility index (Phi) is 5.69. The zero-order valence-electron chi connectivity index (χ0n) is 15.6. The predicted molar refractivity (Wildman–Crippen MR) is 94.2 cm³/mol. The minimum absolute atomic E-state index is 0.0357. The topological polar surface area (TPSA) is 71.1 Å². The van der Waals surface area contributed by atoms with Gasteiger partial charge >= 0.3 is 11.9 Å². The van der Waals surface area contributed by atoms with Crippen molar-refractivity contribution in [1.82, 2.24) is 0 Å². The van der Waals surface area contributed by atoms with Crippen LogP contribution >= 0.6 is 0 Å². The Labute approximate surface area is 153 Å². The molecule has 0 saturated carbocycles. The van der Waals surface area contributed by atoms with Gasteiger partial charge in [-0.15, -0.1) is 0 Å². The van der Waals surface area contributed by atoms with Crippen LogP contribution in [0.15, 0.2) is 12.1 Å². The van der Waals surface area contributed by atoms with Crippen LogP contribution in [0.2, 0.25) is 0 Å². The Morgan fingerprint density at radius 3 is 2.31 bits per heavy atom. The van der Waals surface area contributed by atoms with Crippen molar-refractivity contribution in [2.75, 3.05) is 20.0 Å². The first kappa shape index (κ1) is 18.5. The molecule has 0 unspecified atom stereocenters. The van der Waals surface area contributed by atoms with Gasteiger partial charge in [0.2, 0.25) is 6.79 Å². The molecule has 0 radical (unpaired) electrons. The lowest BCUT2D eigenvalue weighted by Crippen LogP contribution is -2.39. The number of fused-ring (bicyclic) bond motifs is 2. The predicted octanol–water partition coefficient (Wildman–Crippen LogP) is 3.21. The molecule has 0 N–H and O–H groups in total. The summed E-state index contributed by atoms with van der Waals surface area (Å²) < 4.78 is 21.7. The molecule has 0 bridgehead atoms. The standard InChI is InChI=1S/C20H26O6/c1-4-6-23-19(21)17-12(3)8-13-9-15-16(26-11-25-15)10-14(13)18(17)20(22)24-7-5-2/h9-10,12,17-18H,4-8,11H2,1-3H3/t12-,17+,18+/m1/s1. The number of hydrogen-bond acceptors (Lipinski definition) is 6.